The number of hydrogen-bond donors (Lipinski definition) is 6. The molecule has 0 bridgehead atoms. The van der Waals surface area contributed by atoms with Crippen LogP contribution in [0.3, 0.4) is 0 Å². The highest BCUT2D eigenvalue weighted by atomic mass is 16.5. The molecule has 4 rings (SSSR count). The summed E-state index contributed by atoms with van der Waals surface area (Å²) in [6, 6.07) is 1.97. The standard InChI is InChI=1S/C30H38N2O10/c1-12-14-8-9-15(29(3,4)10-7-11-42-13(2)33)22(34)17(14)23(35)18-16(12)24(36)20-21(32(5)6)25(37)19(28(31)40)27(39)30(20,41)26(18)38/h8-9,12,16,20-21,24,34-36,39,41H,7,10-11H2,1-6H3,(H2,31,40)/t12-,16+,20+,21-,24-,30-/m1/s1. The van der Waals surface area contributed by atoms with Crippen LogP contribution in [0.5, 0.6) is 5.75 Å². The first kappa shape index (κ1) is 31.2. The number of aliphatic hydroxyl groups is 4. The second kappa shape index (κ2) is 10.5. The van der Waals surface area contributed by atoms with Crippen LogP contribution in [0.25, 0.3) is 5.76 Å². The molecule has 7 N–H and O–H groups in total. The molecule has 3 aliphatic carbocycles. The fourth-order valence-corrected chi connectivity index (χ4v) is 7.03. The first-order chi connectivity index (χ1) is 19.4. The molecule has 0 aromatic heterocycles. The number of primary amides is 1. The molecule has 1 aromatic rings. The van der Waals surface area contributed by atoms with Crippen LogP contribution in [0.4, 0.5) is 0 Å². The fourth-order valence-electron chi connectivity index (χ4n) is 7.03. The van der Waals surface area contributed by atoms with Gasteiger partial charge >= 0.3 is 5.97 Å². The lowest BCUT2D eigenvalue weighted by atomic mass is 9.54. The summed E-state index contributed by atoms with van der Waals surface area (Å²) in [5.41, 5.74) is 1.13. The average molecular weight is 587 g/mol. The Kier molecular flexibility index (Phi) is 7.81. The van der Waals surface area contributed by atoms with Crippen LogP contribution in [-0.2, 0) is 29.3 Å². The zero-order chi connectivity index (χ0) is 31.6. The van der Waals surface area contributed by atoms with Gasteiger partial charge in [0.15, 0.2) is 11.4 Å². The van der Waals surface area contributed by atoms with Crippen molar-refractivity contribution < 1.29 is 49.4 Å². The number of carbonyl (C=O) groups is 4. The molecule has 0 spiro atoms. The van der Waals surface area contributed by atoms with Gasteiger partial charge in [0.05, 0.1) is 30.2 Å². The van der Waals surface area contributed by atoms with Gasteiger partial charge in [-0.05, 0) is 43.8 Å². The Morgan fingerprint density at radius 1 is 1.14 bits per heavy atom. The predicted molar refractivity (Wildman–Crippen MR) is 149 cm³/mol. The third kappa shape index (κ3) is 4.40. The minimum absolute atomic E-state index is 0.0587. The Hall–Kier alpha value is -3.74. The zero-order valence-corrected chi connectivity index (χ0v) is 24.5. The van der Waals surface area contributed by atoms with Gasteiger partial charge in [-0.25, -0.2) is 0 Å². The van der Waals surface area contributed by atoms with E-state index in [0.29, 0.717) is 24.0 Å². The number of Topliss-reactive ketones (excluding diaryl/α,β-unsaturated/α-hetero) is 2. The fraction of sp³-hybridized carbons (Fsp3) is 0.533. The van der Waals surface area contributed by atoms with Crippen molar-refractivity contribution >= 4 is 29.2 Å². The van der Waals surface area contributed by atoms with E-state index in [1.54, 1.807) is 19.1 Å². The van der Waals surface area contributed by atoms with Gasteiger partial charge in [-0.1, -0.05) is 32.9 Å². The van der Waals surface area contributed by atoms with Gasteiger partial charge in [-0.3, -0.25) is 24.1 Å². The van der Waals surface area contributed by atoms with E-state index in [1.165, 1.54) is 25.9 Å². The molecule has 1 aromatic carbocycles. The number of aromatic hydroxyl groups is 1. The van der Waals surface area contributed by atoms with Gasteiger partial charge in [-0.2, -0.15) is 0 Å². The molecular weight excluding hydrogens is 548 g/mol. The number of benzene rings is 1. The summed E-state index contributed by atoms with van der Waals surface area (Å²) in [6.07, 6.45) is -0.663. The van der Waals surface area contributed by atoms with Crippen LogP contribution < -0.4 is 5.73 Å². The molecule has 228 valence electrons. The summed E-state index contributed by atoms with van der Waals surface area (Å²) in [6.45, 7) is 6.90. The smallest absolute Gasteiger partial charge is 0.302 e. The largest absolute Gasteiger partial charge is 0.508 e. The second-order valence-electron chi connectivity index (χ2n) is 12.3. The third-order valence-electron chi connectivity index (χ3n) is 9.11. The van der Waals surface area contributed by atoms with Gasteiger partial charge in [0, 0.05) is 24.0 Å². The predicted octanol–water partition coefficient (Wildman–Crippen LogP) is 1.12. The second-order valence-corrected chi connectivity index (χ2v) is 12.3. The third-order valence-corrected chi connectivity index (χ3v) is 9.11. The summed E-state index contributed by atoms with van der Waals surface area (Å²) in [4.78, 5) is 52.0. The number of aliphatic hydroxyl groups excluding tert-OH is 3. The Labute approximate surface area is 243 Å². The van der Waals surface area contributed by atoms with E-state index in [0.717, 1.165) is 0 Å². The maximum atomic E-state index is 14.1. The summed E-state index contributed by atoms with van der Waals surface area (Å²) in [5.74, 6) is -9.63. The lowest BCUT2D eigenvalue weighted by Crippen LogP contribution is -2.70. The van der Waals surface area contributed by atoms with Crippen molar-refractivity contribution in [3.05, 3.63) is 45.7 Å². The molecule has 1 saturated carbocycles. The Balaban J connectivity index is 1.90. The van der Waals surface area contributed by atoms with Gasteiger partial charge in [0.1, 0.15) is 22.8 Å². The monoisotopic (exact) mass is 586 g/mol. The summed E-state index contributed by atoms with van der Waals surface area (Å²) in [5, 5.41) is 57.5. The number of amides is 1. The number of hydrogen-bond acceptors (Lipinski definition) is 11. The number of nitrogens with zero attached hydrogens (tertiary/aromatic N) is 1. The van der Waals surface area contributed by atoms with Crippen LogP contribution in [0, 0.1) is 11.8 Å². The highest BCUT2D eigenvalue weighted by Crippen LogP contribution is 2.57. The Morgan fingerprint density at radius 3 is 2.31 bits per heavy atom. The number of carbonyl (C=O) groups excluding carboxylic acids is 4. The van der Waals surface area contributed by atoms with Crippen molar-refractivity contribution in [2.45, 2.75) is 69.6 Å². The molecule has 0 heterocycles. The number of ether oxygens (including phenoxy) is 1. The number of ketones is 2. The van der Waals surface area contributed by atoms with E-state index >= 15 is 0 Å². The molecule has 42 heavy (non-hydrogen) atoms. The molecule has 12 nitrogen and oxygen atoms in total. The van der Waals surface area contributed by atoms with E-state index in [1.807, 2.05) is 13.8 Å². The van der Waals surface area contributed by atoms with E-state index in [4.69, 9.17) is 10.5 Å². The maximum Gasteiger partial charge on any atom is 0.302 e. The number of nitrogens with two attached hydrogens (primary N) is 1. The van der Waals surface area contributed by atoms with E-state index in [9.17, 15) is 44.7 Å². The van der Waals surface area contributed by atoms with Crippen molar-refractivity contribution in [2.24, 2.45) is 17.6 Å². The number of esters is 1. The van der Waals surface area contributed by atoms with Crippen molar-refractivity contribution in [2.75, 3.05) is 20.7 Å². The van der Waals surface area contributed by atoms with Crippen LogP contribution >= 0.6 is 0 Å². The highest BCUT2D eigenvalue weighted by Gasteiger charge is 2.68. The molecule has 1 fully saturated rings. The van der Waals surface area contributed by atoms with Crippen LogP contribution in [0.1, 0.15) is 63.1 Å². The Morgan fingerprint density at radius 2 is 1.76 bits per heavy atom. The van der Waals surface area contributed by atoms with Crippen molar-refractivity contribution in [1.29, 1.82) is 0 Å². The topological polar surface area (TPSA) is 208 Å². The highest BCUT2D eigenvalue weighted by molar-refractivity contribution is 6.24. The molecule has 0 saturated heterocycles. The van der Waals surface area contributed by atoms with Crippen molar-refractivity contribution in [3.63, 3.8) is 0 Å². The first-order valence-corrected chi connectivity index (χ1v) is 13.7. The molecule has 0 radical (unpaired) electrons. The molecule has 1 amide bonds. The maximum absolute atomic E-state index is 14.1. The molecular formula is C30H38N2O10. The summed E-state index contributed by atoms with van der Waals surface area (Å²) >= 11 is 0. The van der Waals surface area contributed by atoms with E-state index < -0.39 is 87.0 Å². The number of fused-ring (bicyclic) bond motifs is 3. The molecule has 6 atom stereocenters. The van der Waals surface area contributed by atoms with Gasteiger partial charge in [-0.15, -0.1) is 0 Å². The van der Waals surface area contributed by atoms with E-state index in [-0.39, 0.29) is 17.9 Å². The molecule has 0 aliphatic heterocycles. The van der Waals surface area contributed by atoms with Crippen molar-refractivity contribution in [3.8, 4) is 5.75 Å². The molecule has 12 heteroatoms. The lowest BCUT2D eigenvalue weighted by Gasteiger charge is -2.53. The number of likely N-dealkylation sites (N-methyl/N-ethyl adjacent to an activating group) is 1. The van der Waals surface area contributed by atoms with Gasteiger partial charge < -0.3 is 36.0 Å². The van der Waals surface area contributed by atoms with E-state index in [2.05, 4.69) is 0 Å². The first-order valence-electron chi connectivity index (χ1n) is 13.7. The normalized spacial score (nSPS) is 29.3. The zero-order valence-electron chi connectivity index (χ0n) is 24.5. The average Bonchev–Trinajstić information content (AvgIpc) is 2.88. The minimum atomic E-state index is -2.97. The molecule has 0 unspecified atom stereocenters. The van der Waals surface area contributed by atoms with Crippen LogP contribution in [0.15, 0.2) is 29.0 Å². The quantitative estimate of drug-likeness (QED) is 0.151. The van der Waals surface area contributed by atoms with Crippen LogP contribution in [-0.4, -0.2) is 92.3 Å². The molecule has 3 aliphatic rings. The number of rotatable bonds is 7. The van der Waals surface area contributed by atoms with Gasteiger partial charge in [0.2, 0.25) is 5.78 Å². The summed E-state index contributed by atoms with van der Waals surface area (Å²) < 4.78 is 5.01. The number of phenols is 1. The lowest BCUT2D eigenvalue weighted by molar-refractivity contribution is -0.169. The van der Waals surface area contributed by atoms with Gasteiger partial charge in [0.25, 0.3) is 5.91 Å². The number of phenolic OH excluding ortho intramolecular Hbond substituents is 1. The van der Waals surface area contributed by atoms with Crippen molar-refractivity contribution in [1.82, 2.24) is 4.90 Å². The SMILES string of the molecule is CC(=O)OCCCC(C)(C)c1ccc2c(c1O)C(O)=C1C(=O)[C@@]3(O)C(O)=C(C(N)=O)C(=O)[C@H](N(C)C)[C@H]3[C@H](O)[C@H]1[C@@H]2C. The summed E-state index contributed by atoms with van der Waals surface area (Å²) in [7, 11) is 2.91. The Bertz CT molecular complexity index is 1440. The van der Waals surface area contributed by atoms with Crippen LogP contribution in [0.2, 0.25) is 0 Å². The minimum Gasteiger partial charge on any atom is -0.508 e.